The van der Waals surface area contributed by atoms with E-state index in [1.807, 2.05) is 0 Å². The predicted molar refractivity (Wildman–Crippen MR) is 124 cm³/mol. The molecule has 35 heavy (non-hydrogen) atoms. The van der Waals surface area contributed by atoms with Crippen LogP contribution in [0.5, 0.6) is 5.75 Å². The van der Waals surface area contributed by atoms with E-state index < -0.39 is 29.6 Å². The first kappa shape index (κ1) is 25.6. The van der Waals surface area contributed by atoms with E-state index in [0.717, 1.165) is 31.7 Å². The molecule has 1 nitrogen and oxygen atoms in total. The molecule has 2 aliphatic carbocycles. The van der Waals surface area contributed by atoms with Crippen molar-refractivity contribution in [1.82, 2.24) is 0 Å². The normalized spacial score (nSPS) is 20.4. The average molecular weight is 497 g/mol. The van der Waals surface area contributed by atoms with Crippen LogP contribution in [-0.4, -0.2) is 6.36 Å². The lowest BCUT2D eigenvalue weighted by Crippen LogP contribution is -2.19. The van der Waals surface area contributed by atoms with Gasteiger partial charge >= 0.3 is 6.36 Å². The Morgan fingerprint density at radius 3 is 2.26 bits per heavy atom. The maximum atomic E-state index is 15.1. The minimum atomic E-state index is -5.01. The van der Waals surface area contributed by atoms with Crippen LogP contribution in [0.4, 0.5) is 26.3 Å². The van der Waals surface area contributed by atoms with Crippen LogP contribution < -0.4 is 4.74 Å². The SMILES string of the molecule is CCCCCC1CCC(c2cc(F)c(C3=CCc4c(ccc(OC(F)(F)F)c4F)C3)c(F)c2)CC1. The molecule has 0 aromatic heterocycles. The first-order valence-corrected chi connectivity index (χ1v) is 12.4. The second kappa shape index (κ2) is 10.7. The van der Waals surface area contributed by atoms with E-state index >= 15 is 8.78 Å². The lowest BCUT2D eigenvalue weighted by atomic mass is 9.76. The fourth-order valence-corrected chi connectivity index (χ4v) is 5.53. The topological polar surface area (TPSA) is 9.23 Å². The highest BCUT2D eigenvalue weighted by molar-refractivity contribution is 5.72. The van der Waals surface area contributed by atoms with Crippen LogP contribution in [0.3, 0.4) is 0 Å². The Morgan fingerprint density at radius 2 is 1.63 bits per heavy atom. The summed E-state index contributed by atoms with van der Waals surface area (Å²) in [6, 6.07) is 5.05. The van der Waals surface area contributed by atoms with Crippen LogP contribution >= 0.6 is 0 Å². The van der Waals surface area contributed by atoms with Gasteiger partial charge in [0.15, 0.2) is 11.6 Å². The lowest BCUT2D eigenvalue weighted by Gasteiger charge is -2.29. The molecule has 190 valence electrons. The zero-order valence-electron chi connectivity index (χ0n) is 19.8. The van der Waals surface area contributed by atoms with Gasteiger partial charge in [-0.15, -0.1) is 13.2 Å². The Labute approximate surface area is 202 Å². The Morgan fingerprint density at radius 1 is 0.943 bits per heavy atom. The molecule has 0 radical (unpaired) electrons. The van der Waals surface area contributed by atoms with E-state index in [1.165, 1.54) is 50.0 Å². The number of hydrogen-bond donors (Lipinski definition) is 0. The summed E-state index contributed by atoms with van der Waals surface area (Å²) >= 11 is 0. The Hall–Kier alpha value is -2.44. The molecule has 1 fully saturated rings. The molecule has 4 rings (SSSR count). The van der Waals surface area contributed by atoms with E-state index in [-0.39, 0.29) is 29.9 Å². The molecule has 0 aliphatic heterocycles. The van der Waals surface area contributed by atoms with Crippen LogP contribution in [0.25, 0.3) is 5.57 Å². The summed E-state index contributed by atoms with van der Waals surface area (Å²) in [4.78, 5) is 0. The van der Waals surface area contributed by atoms with E-state index in [4.69, 9.17) is 0 Å². The summed E-state index contributed by atoms with van der Waals surface area (Å²) in [5.74, 6) is -2.49. The molecule has 2 aromatic carbocycles. The summed E-state index contributed by atoms with van der Waals surface area (Å²) in [7, 11) is 0. The second-order valence-electron chi connectivity index (χ2n) is 9.75. The van der Waals surface area contributed by atoms with Crippen LogP contribution in [-0.2, 0) is 12.8 Å². The zero-order valence-corrected chi connectivity index (χ0v) is 19.8. The van der Waals surface area contributed by atoms with Gasteiger partial charge in [-0.05, 0) is 90.8 Å². The summed E-state index contributed by atoms with van der Waals surface area (Å²) in [6.45, 7) is 2.19. The van der Waals surface area contributed by atoms with E-state index in [1.54, 1.807) is 0 Å². The number of hydrogen-bond acceptors (Lipinski definition) is 1. The standard InChI is InChI=1S/C28H30F6O/c1-2-3-4-5-17-6-8-18(9-7-17)21-15-23(29)26(24(30)16-21)20-10-12-22-19(14-20)11-13-25(27(22)31)35-28(32,33)34/h10-11,13,15-18H,2-9,12,14H2,1H3. The number of fused-ring (bicyclic) bond motifs is 1. The van der Waals surface area contributed by atoms with E-state index in [9.17, 15) is 17.6 Å². The maximum Gasteiger partial charge on any atom is 0.573 e. The van der Waals surface area contributed by atoms with Gasteiger partial charge in [0.05, 0.1) is 0 Å². The molecule has 0 spiro atoms. The van der Waals surface area contributed by atoms with Crippen LogP contribution in [0.2, 0.25) is 0 Å². The van der Waals surface area contributed by atoms with Crippen molar-refractivity contribution in [3.63, 3.8) is 0 Å². The number of allylic oxidation sites excluding steroid dienone is 2. The van der Waals surface area contributed by atoms with Crippen LogP contribution in [0.15, 0.2) is 30.3 Å². The molecule has 0 heterocycles. The van der Waals surface area contributed by atoms with Gasteiger partial charge < -0.3 is 4.74 Å². The largest absolute Gasteiger partial charge is 0.573 e. The van der Waals surface area contributed by atoms with Gasteiger partial charge in [0.2, 0.25) is 0 Å². The molecule has 0 saturated heterocycles. The van der Waals surface area contributed by atoms with E-state index in [2.05, 4.69) is 11.7 Å². The van der Waals surface area contributed by atoms with Gasteiger partial charge in [0, 0.05) is 5.56 Å². The molecule has 7 heteroatoms. The molecule has 0 unspecified atom stereocenters. The van der Waals surface area contributed by atoms with Gasteiger partial charge in [-0.25, -0.2) is 13.2 Å². The number of rotatable bonds is 7. The first-order chi connectivity index (χ1) is 16.7. The molecule has 0 amide bonds. The van der Waals surface area contributed by atoms with Crippen molar-refractivity contribution in [3.05, 3.63) is 70.0 Å². The Bertz CT molecular complexity index is 1060. The van der Waals surface area contributed by atoms with Crippen molar-refractivity contribution >= 4 is 5.57 Å². The average Bonchev–Trinajstić information content (AvgIpc) is 2.80. The third kappa shape index (κ3) is 6.04. The van der Waals surface area contributed by atoms with Crippen molar-refractivity contribution in [1.29, 1.82) is 0 Å². The number of halogens is 6. The number of unbranched alkanes of at least 4 members (excludes halogenated alkanes) is 2. The predicted octanol–water partition coefficient (Wildman–Crippen LogP) is 9.04. The molecule has 1 saturated carbocycles. The Balaban J connectivity index is 1.47. The van der Waals surface area contributed by atoms with Gasteiger partial charge in [-0.1, -0.05) is 44.7 Å². The highest BCUT2D eigenvalue weighted by atomic mass is 19.4. The monoisotopic (exact) mass is 496 g/mol. The summed E-state index contributed by atoms with van der Waals surface area (Å²) < 4.78 is 86.0. The second-order valence-corrected chi connectivity index (χ2v) is 9.75. The maximum absolute atomic E-state index is 15.1. The molecule has 2 aromatic rings. The molecule has 0 bridgehead atoms. The summed E-state index contributed by atoms with van der Waals surface area (Å²) in [5, 5.41) is 0. The van der Waals surface area contributed by atoms with Crippen molar-refractivity contribution in [2.45, 2.75) is 83.4 Å². The van der Waals surface area contributed by atoms with Gasteiger partial charge in [-0.2, -0.15) is 0 Å². The Kier molecular flexibility index (Phi) is 7.82. The number of ether oxygens (including phenoxy) is 1. The fourth-order valence-electron chi connectivity index (χ4n) is 5.53. The van der Waals surface area contributed by atoms with Crippen LogP contribution in [0.1, 0.15) is 86.5 Å². The van der Waals surface area contributed by atoms with E-state index in [0.29, 0.717) is 22.6 Å². The van der Waals surface area contributed by atoms with Gasteiger partial charge in [-0.3, -0.25) is 0 Å². The van der Waals surface area contributed by atoms with Crippen LogP contribution in [0, 0.1) is 23.4 Å². The highest BCUT2D eigenvalue weighted by Crippen LogP contribution is 2.40. The zero-order chi connectivity index (χ0) is 25.2. The third-order valence-electron chi connectivity index (χ3n) is 7.38. The third-order valence-corrected chi connectivity index (χ3v) is 7.38. The molecule has 0 N–H and O–H groups in total. The van der Waals surface area contributed by atoms with Crippen molar-refractivity contribution < 1.29 is 31.1 Å². The number of benzene rings is 2. The van der Waals surface area contributed by atoms with Crippen molar-refractivity contribution in [3.8, 4) is 5.75 Å². The molecule has 2 aliphatic rings. The summed E-state index contributed by atoms with van der Waals surface area (Å²) in [5.41, 5.74) is 1.32. The minimum Gasteiger partial charge on any atom is -0.403 e. The van der Waals surface area contributed by atoms with Gasteiger partial charge in [0.25, 0.3) is 0 Å². The quantitative estimate of drug-likeness (QED) is 0.274. The molecular weight excluding hydrogens is 466 g/mol. The first-order valence-electron chi connectivity index (χ1n) is 12.4. The highest BCUT2D eigenvalue weighted by Gasteiger charge is 2.34. The lowest BCUT2D eigenvalue weighted by molar-refractivity contribution is -0.275. The van der Waals surface area contributed by atoms with Crippen molar-refractivity contribution in [2.24, 2.45) is 5.92 Å². The summed E-state index contributed by atoms with van der Waals surface area (Å²) in [6.07, 6.45) is 5.32. The molecule has 0 atom stereocenters. The molecular formula is C28H30F6O. The smallest absolute Gasteiger partial charge is 0.403 e. The minimum absolute atomic E-state index is 0.0224. The van der Waals surface area contributed by atoms with Gasteiger partial charge in [0.1, 0.15) is 11.6 Å². The number of alkyl halides is 3. The fraction of sp³-hybridized carbons (Fsp3) is 0.500. The van der Waals surface area contributed by atoms with Crippen molar-refractivity contribution in [2.75, 3.05) is 0 Å².